The van der Waals surface area contributed by atoms with Gasteiger partial charge in [-0.3, -0.25) is 0 Å². The number of nitrogens with one attached hydrogen (secondary N) is 1. The van der Waals surface area contributed by atoms with Gasteiger partial charge in [-0.2, -0.15) is 0 Å². The fraction of sp³-hybridized carbons (Fsp3) is 0.278. The lowest BCUT2D eigenvalue weighted by molar-refractivity contribution is 0.497. The minimum atomic E-state index is -3.85. The van der Waals surface area contributed by atoms with Gasteiger partial charge in [0.1, 0.15) is 17.1 Å². The molecule has 1 atom stereocenters. The fourth-order valence-electron chi connectivity index (χ4n) is 3.28. The summed E-state index contributed by atoms with van der Waals surface area (Å²) in [7, 11) is -3.85. The van der Waals surface area contributed by atoms with E-state index in [1.807, 2.05) is 6.07 Å². The monoisotopic (exact) mass is 376 g/mol. The van der Waals surface area contributed by atoms with E-state index in [1.165, 1.54) is 12.1 Å². The Bertz CT molecular complexity index is 1030. The number of hydrogen-bond acceptors (Lipinski definition) is 4. The van der Waals surface area contributed by atoms with Crippen LogP contribution in [0.4, 0.5) is 4.39 Å². The third-order valence-corrected chi connectivity index (χ3v) is 6.24. The van der Waals surface area contributed by atoms with E-state index in [0.717, 1.165) is 34.4 Å². The Morgan fingerprint density at radius 1 is 1.42 bits per heavy atom. The molecule has 0 amide bonds. The van der Waals surface area contributed by atoms with E-state index < -0.39 is 27.1 Å². The van der Waals surface area contributed by atoms with Gasteiger partial charge in [0.2, 0.25) is 16.0 Å². The highest BCUT2D eigenvalue weighted by Crippen LogP contribution is 2.37. The molecule has 1 aromatic carbocycles. The van der Waals surface area contributed by atoms with Crippen molar-refractivity contribution < 1.29 is 12.8 Å². The normalized spacial score (nSPS) is 22.2. The Labute approximate surface area is 152 Å². The Hall–Kier alpha value is -2.61. The van der Waals surface area contributed by atoms with E-state index in [-0.39, 0.29) is 11.5 Å². The predicted molar refractivity (Wildman–Crippen MR) is 102 cm³/mol. The van der Waals surface area contributed by atoms with Gasteiger partial charge in [0, 0.05) is 28.4 Å². The molecule has 3 rings (SSSR count). The van der Waals surface area contributed by atoms with Crippen LogP contribution in [0.1, 0.15) is 24.6 Å². The zero-order valence-corrected chi connectivity index (χ0v) is 15.3. The van der Waals surface area contributed by atoms with E-state index in [1.54, 1.807) is 6.07 Å². The van der Waals surface area contributed by atoms with Crippen molar-refractivity contribution in [2.45, 2.75) is 25.3 Å². The molecule has 26 heavy (non-hydrogen) atoms. The zero-order chi connectivity index (χ0) is 19.1. The number of aromatic amines is 1. The van der Waals surface area contributed by atoms with Gasteiger partial charge in [-0.05, 0) is 24.6 Å². The maximum atomic E-state index is 14.9. The van der Waals surface area contributed by atoms with Crippen molar-refractivity contribution in [3.05, 3.63) is 60.7 Å². The Morgan fingerprint density at radius 2 is 2.15 bits per heavy atom. The summed E-state index contributed by atoms with van der Waals surface area (Å²) in [6.45, 7) is 9.18. The molecule has 2 aromatic rings. The molecule has 0 radical (unpaired) electrons. The van der Waals surface area contributed by atoms with Crippen LogP contribution in [0.5, 0.6) is 0 Å². The molecule has 1 aliphatic rings. The van der Waals surface area contributed by atoms with E-state index in [4.69, 9.17) is 5.73 Å². The number of fused-ring (bicyclic) bond motifs is 1. The molecule has 1 aromatic heterocycles. The first-order valence-corrected chi connectivity index (χ1v) is 9.82. The molecule has 6 nitrogen and oxygen atoms in total. The molecule has 138 valence electrons. The van der Waals surface area contributed by atoms with Gasteiger partial charge in [-0.1, -0.05) is 26.0 Å². The minimum Gasteiger partial charge on any atom is -0.369 e. The summed E-state index contributed by atoms with van der Waals surface area (Å²) in [5, 5.41) is 0.720. The highest BCUT2D eigenvalue weighted by Gasteiger charge is 2.43. The first-order chi connectivity index (χ1) is 12.3. The van der Waals surface area contributed by atoms with E-state index in [2.05, 4.69) is 30.1 Å². The Morgan fingerprint density at radius 3 is 2.73 bits per heavy atom. The van der Waals surface area contributed by atoms with Gasteiger partial charge < -0.3 is 10.7 Å². The summed E-state index contributed by atoms with van der Waals surface area (Å²) in [4.78, 5) is 7.50. The lowest BCUT2D eigenvalue weighted by Crippen LogP contribution is -2.50. The summed E-state index contributed by atoms with van der Waals surface area (Å²) >= 11 is 0. The van der Waals surface area contributed by atoms with Crippen LogP contribution in [0.2, 0.25) is 0 Å². The van der Waals surface area contributed by atoms with Crippen molar-refractivity contribution >= 4 is 26.9 Å². The molecule has 0 spiro atoms. The number of aromatic nitrogens is 1. The molecule has 0 unspecified atom stereocenters. The highest BCUT2D eigenvalue weighted by molar-refractivity contribution is 7.89. The first kappa shape index (κ1) is 18.2. The number of benzene rings is 1. The second-order valence-corrected chi connectivity index (χ2v) is 8.14. The number of nitrogens with two attached hydrogens (primary N) is 1. The van der Waals surface area contributed by atoms with Gasteiger partial charge in [-0.15, -0.1) is 6.58 Å². The maximum Gasteiger partial charge on any atom is 0.244 e. The molecular weight excluding hydrogens is 355 g/mol. The lowest BCUT2D eigenvalue weighted by atomic mass is 9.91. The largest absolute Gasteiger partial charge is 0.369 e. The summed E-state index contributed by atoms with van der Waals surface area (Å²) in [6, 6.07) is 4.85. The van der Waals surface area contributed by atoms with Crippen LogP contribution < -0.4 is 5.73 Å². The smallest absolute Gasteiger partial charge is 0.244 e. The molecule has 0 fully saturated rings. The molecule has 8 heteroatoms. The van der Waals surface area contributed by atoms with Gasteiger partial charge >= 0.3 is 0 Å². The molecule has 0 saturated heterocycles. The molecule has 0 saturated carbocycles. The van der Waals surface area contributed by atoms with Crippen LogP contribution >= 0.6 is 0 Å². The van der Waals surface area contributed by atoms with Crippen LogP contribution in [0.3, 0.4) is 0 Å². The van der Waals surface area contributed by atoms with Crippen molar-refractivity contribution in [3.63, 3.8) is 0 Å². The van der Waals surface area contributed by atoms with Gasteiger partial charge in [0.05, 0.1) is 0 Å². The average molecular weight is 376 g/mol. The molecule has 0 bridgehead atoms. The van der Waals surface area contributed by atoms with Crippen molar-refractivity contribution in [3.8, 4) is 0 Å². The van der Waals surface area contributed by atoms with Crippen molar-refractivity contribution in [1.82, 2.24) is 9.29 Å². The molecule has 3 N–H and O–H groups in total. The van der Waals surface area contributed by atoms with Crippen LogP contribution in [0.25, 0.3) is 10.9 Å². The number of aryl methyl sites for hydroxylation is 1. The quantitative estimate of drug-likeness (QED) is 0.786. The Balaban J connectivity index is 2.22. The third kappa shape index (κ3) is 2.80. The second-order valence-electron chi connectivity index (χ2n) is 6.30. The average Bonchev–Trinajstić information content (AvgIpc) is 2.94. The highest BCUT2D eigenvalue weighted by atomic mass is 32.2. The van der Waals surface area contributed by atoms with Gasteiger partial charge in [-0.25, -0.2) is 22.1 Å². The number of aliphatic imine (C=N–C) groups is 1. The second kappa shape index (κ2) is 6.28. The van der Waals surface area contributed by atoms with E-state index in [0.29, 0.717) is 5.52 Å². The molecule has 0 aliphatic carbocycles. The van der Waals surface area contributed by atoms with Gasteiger partial charge in [0.25, 0.3) is 0 Å². The van der Waals surface area contributed by atoms with Gasteiger partial charge in [0.15, 0.2) is 0 Å². The standard InChI is InChI=1S/C18H21FN4O2S/c1-4-7-13-8-12-9-15(19)14(10-16(12)21-13)18(5-2)11-26(24,25)23(6-3)17(20)22-18/h5-6,8-10,21H,2-4,7,11H2,1H3,(H2,20,22)/t18-/m0/s1. The third-order valence-electron chi connectivity index (χ3n) is 4.50. The topological polar surface area (TPSA) is 91.5 Å². The zero-order valence-electron chi connectivity index (χ0n) is 14.5. The number of rotatable bonds is 5. The number of halogens is 1. The molecular formula is C18H21FN4O2S. The lowest BCUT2D eigenvalue weighted by Gasteiger charge is -2.35. The number of guanidine groups is 1. The van der Waals surface area contributed by atoms with E-state index in [9.17, 15) is 12.8 Å². The van der Waals surface area contributed by atoms with Crippen LogP contribution in [0.15, 0.2) is 48.6 Å². The summed E-state index contributed by atoms with van der Waals surface area (Å²) < 4.78 is 40.8. The summed E-state index contributed by atoms with van der Waals surface area (Å²) in [5.74, 6) is -1.32. The number of sulfonamides is 1. The number of H-pyrrole nitrogens is 1. The molecule has 1 aliphatic heterocycles. The summed E-state index contributed by atoms with van der Waals surface area (Å²) in [6.07, 6.45) is 4.18. The minimum absolute atomic E-state index is 0.111. The Kier molecular flexibility index (Phi) is 4.39. The first-order valence-electron chi connectivity index (χ1n) is 8.21. The van der Waals surface area contributed by atoms with E-state index >= 15 is 0 Å². The van der Waals surface area contributed by atoms with Crippen LogP contribution in [-0.4, -0.2) is 29.4 Å². The van der Waals surface area contributed by atoms with Crippen molar-refractivity contribution in [2.75, 3.05) is 5.75 Å². The number of nitrogens with zero attached hydrogens (tertiary/aromatic N) is 2. The maximum absolute atomic E-state index is 14.9. The van der Waals surface area contributed by atoms with Crippen molar-refractivity contribution in [1.29, 1.82) is 0 Å². The molecule has 2 heterocycles. The fourth-order valence-corrected chi connectivity index (χ4v) is 4.87. The van der Waals surface area contributed by atoms with Crippen LogP contribution in [-0.2, 0) is 22.0 Å². The van der Waals surface area contributed by atoms with Crippen LogP contribution in [0, 0.1) is 5.82 Å². The SMILES string of the molecule is C=CN1C(N)=N[C@](C=C)(c2cc3[nH]c(CCC)cc3cc2F)CS1(=O)=O. The predicted octanol–water partition coefficient (Wildman–Crippen LogP) is 2.74. The van der Waals surface area contributed by atoms with Crippen molar-refractivity contribution in [2.24, 2.45) is 10.7 Å². The summed E-state index contributed by atoms with van der Waals surface area (Å²) in [5.41, 5.74) is 6.12. The number of hydrogen-bond donors (Lipinski definition) is 2.